The van der Waals surface area contributed by atoms with Crippen LogP contribution in [-0.4, -0.2) is 45.2 Å². The van der Waals surface area contributed by atoms with Crippen LogP contribution < -0.4 is 19.9 Å². The minimum Gasteiger partial charge on any atom is -0.476 e. The maximum absolute atomic E-state index is 12.5. The third-order valence-electron chi connectivity index (χ3n) is 4.92. The Morgan fingerprint density at radius 1 is 1.35 bits per heavy atom. The number of rotatable bonds is 8. The predicted octanol–water partition coefficient (Wildman–Crippen LogP) is 2.89. The summed E-state index contributed by atoms with van der Waals surface area (Å²) in [5.41, 5.74) is 0.908. The van der Waals surface area contributed by atoms with Crippen LogP contribution in [0.2, 0.25) is 0 Å². The summed E-state index contributed by atoms with van der Waals surface area (Å²) in [6.07, 6.45) is 2.16. The Morgan fingerprint density at radius 2 is 2.16 bits per heavy atom. The average molecular weight is 450 g/mol. The molecule has 0 unspecified atom stereocenters. The van der Waals surface area contributed by atoms with E-state index in [1.807, 2.05) is 6.92 Å². The molecule has 2 atom stereocenters. The first kappa shape index (κ1) is 21.1. The van der Waals surface area contributed by atoms with Crippen molar-refractivity contribution in [2.75, 3.05) is 18.6 Å². The molecule has 0 aliphatic heterocycles. The van der Waals surface area contributed by atoms with Crippen molar-refractivity contribution in [2.24, 2.45) is 13.0 Å². The molecular weight excluding hydrogens is 430 g/mol. The average Bonchev–Trinajstić information content (AvgIpc) is 3.38. The van der Waals surface area contributed by atoms with Crippen molar-refractivity contribution in [2.45, 2.75) is 25.9 Å². The normalized spacial score (nSPS) is 17.6. The second kappa shape index (κ2) is 8.53. The quantitative estimate of drug-likeness (QED) is 0.517. The third kappa shape index (κ3) is 4.79. The minimum atomic E-state index is -2.87. The van der Waals surface area contributed by atoms with E-state index in [2.05, 4.69) is 25.0 Å². The fourth-order valence-electron chi connectivity index (χ4n) is 3.17. The molecule has 0 spiro atoms. The number of pyridine rings is 1. The van der Waals surface area contributed by atoms with Crippen LogP contribution in [0.5, 0.6) is 11.6 Å². The Kier molecular flexibility index (Phi) is 5.81. The first-order valence-corrected chi connectivity index (χ1v) is 10.3. The summed E-state index contributed by atoms with van der Waals surface area (Å²) >= 11 is 1.38. The van der Waals surface area contributed by atoms with Crippen LogP contribution in [0.25, 0.3) is 0 Å². The van der Waals surface area contributed by atoms with E-state index < -0.39 is 6.61 Å². The van der Waals surface area contributed by atoms with Gasteiger partial charge in [0.25, 0.3) is 5.56 Å². The first-order chi connectivity index (χ1) is 14.8. The summed E-state index contributed by atoms with van der Waals surface area (Å²) in [5.74, 6) is 0.758. The van der Waals surface area contributed by atoms with Gasteiger partial charge in [0.2, 0.25) is 11.0 Å². The molecule has 31 heavy (non-hydrogen) atoms. The van der Waals surface area contributed by atoms with Gasteiger partial charge in [-0.05, 0) is 25.5 Å². The molecule has 3 aromatic rings. The van der Waals surface area contributed by atoms with E-state index in [1.54, 1.807) is 31.1 Å². The highest BCUT2D eigenvalue weighted by atomic mass is 32.1. The summed E-state index contributed by atoms with van der Waals surface area (Å²) in [7, 11) is 3.30. The first-order valence-electron chi connectivity index (χ1n) is 9.47. The van der Waals surface area contributed by atoms with Crippen LogP contribution in [0.3, 0.4) is 0 Å². The van der Waals surface area contributed by atoms with Crippen LogP contribution in [0.1, 0.15) is 23.0 Å². The Labute approximate surface area is 180 Å². The molecule has 0 saturated heterocycles. The van der Waals surface area contributed by atoms with Crippen molar-refractivity contribution < 1.29 is 18.3 Å². The van der Waals surface area contributed by atoms with Gasteiger partial charge in [0.1, 0.15) is 16.4 Å². The number of alkyl halides is 2. The number of halogens is 2. The van der Waals surface area contributed by atoms with E-state index in [-0.39, 0.29) is 23.1 Å². The van der Waals surface area contributed by atoms with Crippen molar-refractivity contribution in [3.05, 3.63) is 45.5 Å². The number of aromatic nitrogens is 5. The molecule has 0 aromatic carbocycles. The van der Waals surface area contributed by atoms with Crippen LogP contribution in [0.15, 0.2) is 29.2 Å². The van der Waals surface area contributed by atoms with Gasteiger partial charge >= 0.3 is 6.61 Å². The van der Waals surface area contributed by atoms with Gasteiger partial charge in [-0.15, -0.1) is 15.3 Å². The van der Waals surface area contributed by atoms with Crippen LogP contribution >= 0.6 is 11.3 Å². The highest BCUT2D eigenvalue weighted by Gasteiger charge is 2.40. The van der Waals surface area contributed by atoms with Crippen molar-refractivity contribution in [3.8, 4) is 11.6 Å². The maximum Gasteiger partial charge on any atom is 0.387 e. The predicted molar refractivity (Wildman–Crippen MR) is 109 cm³/mol. The second-order valence-electron chi connectivity index (χ2n) is 7.17. The van der Waals surface area contributed by atoms with Crippen LogP contribution in [0, 0.1) is 12.8 Å². The molecule has 1 aliphatic rings. The zero-order valence-electron chi connectivity index (χ0n) is 17.0. The van der Waals surface area contributed by atoms with Gasteiger partial charge in [-0.3, -0.25) is 9.78 Å². The van der Waals surface area contributed by atoms with E-state index in [9.17, 15) is 13.6 Å². The van der Waals surface area contributed by atoms with Crippen molar-refractivity contribution in [1.29, 1.82) is 0 Å². The van der Waals surface area contributed by atoms with Gasteiger partial charge in [-0.1, -0.05) is 11.3 Å². The lowest BCUT2D eigenvalue weighted by Gasteiger charge is -2.16. The molecule has 164 valence electrons. The molecule has 1 aliphatic carbocycles. The lowest BCUT2D eigenvalue weighted by atomic mass is 10.2. The zero-order chi connectivity index (χ0) is 22.1. The summed E-state index contributed by atoms with van der Waals surface area (Å²) < 4.78 is 35.9. The number of hydrogen-bond donors (Lipinski definition) is 0. The lowest BCUT2D eigenvalue weighted by molar-refractivity contribution is -0.0500. The highest BCUT2D eigenvalue weighted by Crippen LogP contribution is 2.47. The molecule has 0 N–H and O–H groups in total. The second-order valence-corrected chi connectivity index (χ2v) is 8.33. The van der Waals surface area contributed by atoms with Crippen molar-refractivity contribution in [1.82, 2.24) is 25.0 Å². The fourth-order valence-corrected chi connectivity index (χ4v) is 3.84. The highest BCUT2D eigenvalue weighted by molar-refractivity contribution is 7.15. The topological polar surface area (TPSA) is 95.3 Å². The third-order valence-corrected chi connectivity index (χ3v) is 5.83. The molecule has 12 heteroatoms. The Morgan fingerprint density at radius 3 is 2.81 bits per heavy atom. The monoisotopic (exact) mass is 450 g/mol. The molecular formula is C19H20F2N6O3S. The fraction of sp³-hybridized carbons (Fsp3) is 0.421. The SMILES string of the molecule is Cc1nnc(N(C)c2cc(OC[C@H]3C[C@@H]3c3ccc(OC(F)F)cn3)nn(C)c2=O)s1. The van der Waals surface area contributed by atoms with E-state index in [1.165, 1.54) is 28.3 Å². The molecule has 1 saturated carbocycles. The molecule has 0 radical (unpaired) electrons. The minimum absolute atomic E-state index is 0.0314. The molecule has 0 bridgehead atoms. The van der Waals surface area contributed by atoms with Crippen molar-refractivity contribution in [3.63, 3.8) is 0 Å². The van der Waals surface area contributed by atoms with Gasteiger partial charge in [0.15, 0.2) is 0 Å². The van der Waals surface area contributed by atoms with Gasteiger partial charge in [0, 0.05) is 37.7 Å². The van der Waals surface area contributed by atoms with Gasteiger partial charge in [0.05, 0.1) is 12.8 Å². The van der Waals surface area contributed by atoms with E-state index in [0.29, 0.717) is 23.3 Å². The molecule has 0 amide bonds. The molecule has 3 heterocycles. The lowest BCUT2D eigenvalue weighted by Crippen LogP contribution is -2.27. The smallest absolute Gasteiger partial charge is 0.387 e. The van der Waals surface area contributed by atoms with Crippen LogP contribution in [-0.2, 0) is 7.05 Å². The van der Waals surface area contributed by atoms with Crippen molar-refractivity contribution >= 4 is 22.2 Å². The number of aryl methyl sites for hydroxylation is 2. The Bertz CT molecular complexity index is 1120. The standard InChI is InChI=1S/C19H20F2N6O3S/c1-10-23-24-19(31-10)26(2)15-7-16(25-27(3)17(15)28)29-9-11-6-13(11)14-5-4-12(8-22-14)30-18(20)21/h4-5,7-8,11,13,18H,6,9H2,1-3H3/t11-,13+/m1/s1. The Balaban J connectivity index is 1.40. The zero-order valence-corrected chi connectivity index (χ0v) is 17.8. The van der Waals surface area contributed by atoms with Gasteiger partial charge in [-0.25, -0.2) is 4.68 Å². The number of anilines is 2. The maximum atomic E-state index is 12.5. The number of hydrogen-bond acceptors (Lipinski definition) is 9. The van der Waals surface area contributed by atoms with Gasteiger partial charge in [-0.2, -0.15) is 8.78 Å². The summed E-state index contributed by atoms with van der Waals surface area (Å²) in [6, 6.07) is 4.76. The number of ether oxygens (including phenoxy) is 2. The Hall–Kier alpha value is -3.15. The molecule has 9 nitrogen and oxygen atoms in total. The number of nitrogens with zero attached hydrogens (tertiary/aromatic N) is 6. The van der Waals surface area contributed by atoms with E-state index >= 15 is 0 Å². The van der Waals surface area contributed by atoms with E-state index in [4.69, 9.17) is 4.74 Å². The van der Waals surface area contributed by atoms with Gasteiger partial charge < -0.3 is 14.4 Å². The summed E-state index contributed by atoms with van der Waals surface area (Å²) in [5, 5.41) is 13.6. The van der Waals surface area contributed by atoms with E-state index in [0.717, 1.165) is 17.1 Å². The largest absolute Gasteiger partial charge is 0.476 e. The summed E-state index contributed by atoms with van der Waals surface area (Å²) in [4.78, 5) is 18.4. The molecule has 3 aromatic heterocycles. The summed E-state index contributed by atoms with van der Waals surface area (Å²) in [6.45, 7) is -0.633. The van der Waals surface area contributed by atoms with Crippen LogP contribution in [0.4, 0.5) is 19.6 Å². The molecule has 4 rings (SSSR count). The molecule has 1 fully saturated rings.